The van der Waals surface area contributed by atoms with Crippen molar-refractivity contribution in [2.45, 2.75) is 71.5 Å². The third kappa shape index (κ3) is 7.42. The van der Waals surface area contributed by atoms with Crippen LogP contribution in [0.3, 0.4) is 0 Å². The zero-order valence-corrected chi connectivity index (χ0v) is 20.4. The molecule has 10 heteroatoms. The van der Waals surface area contributed by atoms with Crippen molar-refractivity contribution in [1.29, 1.82) is 0 Å². The quantitative estimate of drug-likeness (QED) is 0.364. The number of hydrogen-bond donors (Lipinski definition) is 3. The fourth-order valence-electron chi connectivity index (χ4n) is 3.48. The van der Waals surface area contributed by atoms with E-state index in [2.05, 4.69) is 27.0 Å². The summed E-state index contributed by atoms with van der Waals surface area (Å²) in [5.74, 6) is 1.15. The molecule has 0 saturated heterocycles. The summed E-state index contributed by atoms with van der Waals surface area (Å²) in [5.41, 5.74) is -0.404. The number of carbonyl (C=O) groups is 4. The standard InChI is InChI=1S/C24H34N4O6/c1-7-8-16(21(30)26-17(11-14(2)3)20(29)24(5)9-10-24)25-23(32)19(13-33-6)27-22(31)18-12-15(4)34-28-18/h1,12,14,16-17,19H,8-11,13H2,2-6H3,(H,25,32)(H,26,30)(H,27,31)/t16-,17-,19-/m0/s1. The molecule has 34 heavy (non-hydrogen) atoms. The van der Waals surface area contributed by atoms with E-state index in [1.54, 1.807) is 6.92 Å². The Morgan fingerprint density at radius 3 is 2.26 bits per heavy atom. The molecule has 1 fully saturated rings. The number of aromatic nitrogens is 1. The van der Waals surface area contributed by atoms with E-state index in [0.29, 0.717) is 12.2 Å². The molecule has 0 aromatic carbocycles. The first-order chi connectivity index (χ1) is 16.0. The van der Waals surface area contributed by atoms with Gasteiger partial charge in [-0.3, -0.25) is 19.2 Å². The van der Waals surface area contributed by atoms with Crippen LogP contribution in [0.15, 0.2) is 10.6 Å². The summed E-state index contributed by atoms with van der Waals surface area (Å²) in [7, 11) is 1.37. The molecule has 1 aliphatic carbocycles. The van der Waals surface area contributed by atoms with Gasteiger partial charge in [0.1, 0.15) is 17.8 Å². The van der Waals surface area contributed by atoms with E-state index in [1.165, 1.54) is 13.2 Å². The fraction of sp³-hybridized carbons (Fsp3) is 0.625. The molecule has 0 radical (unpaired) electrons. The predicted octanol–water partition coefficient (Wildman–Crippen LogP) is 1.14. The molecule has 1 aromatic rings. The molecule has 3 amide bonds. The van der Waals surface area contributed by atoms with Gasteiger partial charge >= 0.3 is 0 Å². The average Bonchev–Trinajstić information content (AvgIpc) is 3.37. The van der Waals surface area contributed by atoms with Crippen molar-refractivity contribution in [1.82, 2.24) is 21.1 Å². The molecule has 0 aliphatic heterocycles. The van der Waals surface area contributed by atoms with Gasteiger partial charge in [0.2, 0.25) is 11.8 Å². The highest BCUT2D eigenvalue weighted by atomic mass is 16.5. The molecule has 0 bridgehead atoms. The maximum absolute atomic E-state index is 13.0. The molecule has 3 atom stereocenters. The number of nitrogens with zero attached hydrogens (tertiary/aromatic N) is 1. The van der Waals surface area contributed by atoms with Gasteiger partial charge in [-0.15, -0.1) is 12.3 Å². The SMILES string of the molecule is C#CC[C@H](NC(=O)[C@H](COC)NC(=O)c1cc(C)on1)C(=O)N[C@@H](CC(C)C)C(=O)C1(C)CC1. The van der Waals surface area contributed by atoms with Crippen LogP contribution in [0.4, 0.5) is 0 Å². The lowest BCUT2D eigenvalue weighted by atomic mass is 9.91. The molecule has 0 spiro atoms. The van der Waals surface area contributed by atoms with E-state index in [0.717, 1.165) is 12.8 Å². The van der Waals surface area contributed by atoms with Crippen LogP contribution < -0.4 is 16.0 Å². The largest absolute Gasteiger partial charge is 0.382 e. The van der Waals surface area contributed by atoms with Gasteiger partial charge in [0.25, 0.3) is 5.91 Å². The van der Waals surface area contributed by atoms with Crippen LogP contribution in [0.2, 0.25) is 0 Å². The first-order valence-corrected chi connectivity index (χ1v) is 11.3. The number of aryl methyl sites for hydroxylation is 1. The number of carbonyl (C=O) groups excluding carboxylic acids is 4. The minimum atomic E-state index is -1.11. The van der Waals surface area contributed by atoms with Gasteiger partial charge in [0, 0.05) is 25.0 Å². The lowest BCUT2D eigenvalue weighted by molar-refractivity contribution is -0.133. The molecule has 186 valence electrons. The Morgan fingerprint density at radius 2 is 1.76 bits per heavy atom. The Kier molecular flexibility index (Phi) is 9.38. The van der Waals surface area contributed by atoms with Crippen LogP contribution in [-0.4, -0.2) is 60.5 Å². The van der Waals surface area contributed by atoms with Crippen molar-refractivity contribution in [2.24, 2.45) is 11.3 Å². The van der Waals surface area contributed by atoms with E-state index in [4.69, 9.17) is 15.7 Å². The van der Waals surface area contributed by atoms with Crippen molar-refractivity contribution in [3.05, 3.63) is 17.5 Å². The second-order valence-corrected chi connectivity index (χ2v) is 9.39. The maximum Gasteiger partial charge on any atom is 0.274 e. The van der Waals surface area contributed by atoms with E-state index in [1.807, 2.05) is 20.8 Å². The molecule has 0 unspecified atom stereocenters. The molecular formula is C24H34N4O6. The Labute approximate surface area is 199 Å². The normalized spacial score (nSPS) is 16.6. The van der Waals surface area contributed by atoms with Crippen LogP contribution in [0.25, 0.3) is 0 Å². The Bertz CT molecular complexity index is 944. The second kappa shape index (κ2) is 11.8. The summed E-state index contributed by atoms with van der Waals surface area (Å²) in [4.78, 5) is 51.3. The third-order valence-corrected chi connectivity index (χ3v) is 5.71. The Hall–Kier alpha value is -3.19. The summed E-state index contributed by atoms with van der Waals surface area (Å²) in [6.07, 6.45) is 7.41. The molecular weight excluding hydrogens is 440 g/mol. The van der Waals surface area contributed by atoms with Crippen molar-refractivity contribution >= 4 is 23.5 Å². The molecule has 1 saturated carbocycles. The molecule has 3 N–H and O–H groups in total. The van der Waals surface area contributed by atoms with Gasteiger partial charge in [-0.1, -0.05) is 25.9 Å². The summed E-state index contributed by atoms with van der Waals surface area (Å²) >= 11 is 0. The van der Waals surface area contributed by atoms with Gasteiger partial charge in [-0.25, -0.2) is 0 Å². The number of Topliss-reactive ketones (excluding diaryl/α,β-unsaturated/α-hetero) is 1. The summed E-state index contributed by atoms with van der Waals surface area (Å²) in [5, 5.41) is 11.5. The van der Waals surface area contributed by atoms with Gasteiger partial charge in [-0.05, 0) is 32.1 Å². The van der Waals surface area contributed by atoms with Crippen LogP contribution >= 0.6 is 0 Å². The number of terminal acetylenes is 1. The van der Waals surface area contributed by atoms with E-state index in [9.17, 15) is 19.2 Å². The smallest absolute Gasteiger partial charge is 0.274 e. The van der Waals surface area contributed by atoms with Gasteiger partial charge in [-0.2, -0.15) is 0 Å². The molecule has 1 heterocycles. The zero-order valence-electron chi connectivity index (χ0n) is 20.4. The van der Waals surface area contributed by atoms with E-state index >= 15 is 0 Å². The molecule has 10 nitrogen and oxygen atoms in total. The van der Waals surface area contributed by atoms with Gasteiger partial charge in [0.15, 0.2) is 11.5 Å². The van der Waals surface area contributed by atoms with Crippen molar-refractivity contribution in [2.75, 3.05) is 13.7 Å². The van der Waals surface area contributed by atoms with Crippen molar-refractivity contribution < 1.29 is 28.4 Å². The monoisotopic (exact) mass is 474 g/mol. The Morgan fingerprint density at radius 1 is 1.15 bits per heavy atom. The fourth-order valence-corrected chi connectivity index (χ4v) is 3.48. The predicted molar refractivity (Wildman–Crippen MR) is 123 cm³/mol. The van der Waals surface area contributed by atoms with Crippen LogP contribution in [0.5, 0.6) is 0 Å². The molecule has 1 aliphatic rings. The summed E-state index contributed by atoms with van der Waals surface area (Å²) < 4.78 is 9.93. The third-order valence-electron chi connectivity index (χ3n) is 5.71. The zero-order chi connectivity index (χ0) is 25.5. The lowest BCUT2D eigenvalue weighted by Gasteiger charge is -2.26. The van der Waals surface area contributed by atoms with Gasteiger partial charge < -0.3 is 25.2 Å². The Balaban J connectivity index is 2.09. The number of ketones is 1. The van der Waals surface area contributed by atoms with Crippen molar-refractivity contribution in [3.63, 3.8) is 0 Å². The van der Waals surface area contributed by atoms with Crippen LogP contribution in [-0.2, 0) is 19.1 Å². The highest BCUT2D eigenvalue weighted by Gasteiger charge is 2.48. The highest BCUT2D eigenvalue weighted by molar-refractivity contribution is 5.98. The number of nitrogens with one attached hydrogen (secondary N) is 3. The minimum Gasteiger partial charge on any atom is -0.382 e. The first-order valence-electron chi connectivity index (χ1n) is 11.3. The minimum absolute atomic E-state index is 0.00670. The van der Waals surface area contributed by atoms with Crippen LogP contribution in [0, 0.1) is 30.6 Å². The summed E-state index contributed by atoms with van der Waals surface area (Å²) in [6, 6.07) is -1.43. The topological polar surface area (TPSA) is 140 Å². The molecule has 1 aromatic heterocycles. The average molecular weight is 475 g/mol. The van der Waals surface area contributed by atoms with Gasteiger partial charge in [0.05, 0.1) is 12.6 Å². The number of methoxy groups -OCH3 is 1. The lowest BCUT2D eigenvalue weighted by Crippen LogP contribution is -2.57. The maximum atomic E-state index is 13.0. The number of rotatable bonds is 13. The number of hydrogen-bond acceptors (Lipinski definition) is 7. The van der Waals surface area contributed by atoms with Crippen molar-refractivity contribution in [3.8, 4) is 12.3 Å². The highest BCUT2D eigenvalue weighted by Crippen LogP contribution is 2.47. The summed E-state index contributed by atoms with van der Waals surface area (Å²) in [6.45, 7) is 7.32. The number of ether oxygens (including phenoxy) is 1. The number of amides is 3. The van der Waals surface area contributed by atoms with E-state index < -0.39 is 41.3 Å². The molecule has 2 rings (SSSR count). The second-order valence-electron chi connectivity index (χ2n) is 9.39. The van der Waals surface area contributed by atoms with E-state index in [-0.39, 0.29) is 30.4 Å². The van der Waals surface area contributed by atoms with Crippen LogP contribution in [0.1, 0.15) is 62.7 Å². The first kappa shape index (κ1) is 27.1.